The van der Waals surface area contributed by atoms with Gasteiger partial charge in [0.2, 0.25) is 5.91 Å². The molecule has 0 radical (unpaired) electrons. The number of ether oxygens (including phenoxy) is 3. The van der Waals surface area contributed by atoms with Crippen molar-refractivity contribution in [2.75, 3.05) is 25.6 Å². The largest absolute Gasteiger partial charge is 0.496 e. The van der Waals surface area contributed by atoms with Gasteiger partial charge in [0.1, 0.15) is 23.8 Å². The van der Waals surface area contributed by atoms with Crippen LogP contribution in [0.15, 0.2) is 91.0 Å². The number of anilines is 1. The van der Waals surface area contributed by atoms with Crippen molar-refractivity contribution in [3.05, 3.63) is 119 Å². The van der Waals surface area contributed by atoms with Crippen LogP contribution in [-0.4, -0.2) is 54.0 Å². The maximum Gasteiger partial charge on any atom is 0.416 e. The minimum Gasteiger partial charge on any atom is -0.496 e. The SMILES string of the molecule is CCCCCCCOc1ccc(C(=O)Oc2ccc(CN(CC(=O)O)C(=O)c3ccc(NC(=O)Cc4ccc(C(F)(F)F)cc4OC)cc3)cc2)cc1. The second-order valence-electron chi connectivity index (χ2n) is 12.2. The zero-order chi connectivity index (χ0) is 38.4. The standard InChI is InChI=1S/C40H41F3N2O8/c1-3-4-5-6-7-22-52-33-20-13-29(14-21-33)39(50)53-34-18-8-27(9-19-34)25-45(26-37(47)48)38(49)28-11-16-32(17-12-28)44-36(46)23-30-10-15-31(40(41,42)43)24-35(30)51-2/h8-21,24H,3-7,22-23,25-26H2,1-2H3,(H,44,46)(H,47,48). The van der Waals surface area contributed by atoms with E-state index in [4.69, 9.17) is 14.2 Å². The van der Waals surface area contributed by atoms with Gasteiger partial charge in [-0.3, -0.25) is 14.4 Å². The van der Waals surface area contributed by atoms with Crippen LogP contribution in [0.5, 0.6) is 17.2 Å². The Morgan fingerprint density at radius 3 is 2.06 bits per heavy atom. The van der Waals surface area contributed by atoms with E-state index in [1.54, 1.807) is 48.5 Å². The summed E-state index contributed by atoms with van der Waals surface area (Å²) in [6.45, 7) is 2.12. The minimum absolute atomic E-state index is 0.0626. The summed E-state index contributed by atoms with van der Waals surface area (Å²) < 4.78 is 55.4. The molecule has 280 valence electrons. The molecule has 4 aromatic carbocycles. The number of aliphatic carboxylic acids is 1. The lowest BCUT2D eigenvalue weighted by atomic mass is 10.1. The van der Waals surface area contributed by atoms with Crippen molar-refractivity contribution in [1.82, 2.24) is 4.90 Å². The molecule has 53 heavy (non-hydrogen) atoms. The van der Waals surface area contributed by atoms with Crippen LogP contribution in [0.4, 0.5) is 18.9 Å². The summed E-state index contributed by atoms with van der Waals surface area (Å²) in [4.78, 5) is 51.5. The van der Waals surface area contributed by atoms with Gasteiger partial charge in [-0.25, -0.2) is 4.79 Å². The highest BCUT2D eigenvalue weighted by molar-refractivity contribution is 5.97. The first-order valence-electron chi connectivity index (χ1n) is 17.0. The molecule has 0 aliphatic heterocycles. The number of benzene rings is 4. The van der Waals surface area contributed by atoms with E-state index < -0.39 is 42.0 Å². The Balaban J connectivity index is 1.31. The van der Waals surface area contributed by atoms with Gasteiger partial charge in [-0.05, 0) is 84.8 Å². The van der Waals surface area contributed by atoms with Crippen molar-refractivity contribution in [1.29, 1.82) is 0 Å². The Kier molecular flexibility index (Phi) is 14.4. The zero-order valence-electron chi connectivity index (χ0n) is 29.4. The molecule has 10 nitrogen and oxygen atoms in total. The fourth-order valence-corrected chi connectivity index (χ4v) is 5.32. The molecule has 13 heteroatoms. The van der Waals surface area contributed by atoms with Crippen molar-refractivity contribution in [3.63, 3.8) is 0 Å². The summed E-state index contributed by atoms with van der Waals surface area (Å²) in [5.41, 5.74) is 0.734. The number of hydrogen-bond acceptors (Lipinski definition) is 7. The summed E-state index contributed by atoms with van der Waals surface area (Å²) in [5, 5.41) is 12.1. The zero-order valence-corrected chi connectivity index (χ0v) is 29.4. The van der Waals surface area contributed by atoms with E-state index in [2.05, 4.69) is 12.2 Å². The Hall–Kier alpha value is -5.85. The van der Waals surface area contributed by atoms with Gasteiger partial charge in [-0.15, -0.1) is 0 Å². The molecule has 2 amide bonds. The highest BCUT2D eigenvalue weighted by Crippen LogP contribution is 2.33. The van der Waals surface area contributed by atoms with Crippen LogP contribution in [0.25, 0.3) is 0 Å². The van der Waals surface area contributed by atoms with Crippen LogP contribution < -0.4 is 19.5 Å². The molecule has 0 unspecified atom stereocenters. The number of esters is 1. The van der Waals surface area contributed by atoms with Gasteiger partial charge in [-0.2, -0.15) is 13.2 Å². The molecule has 0 fully saturated rings. The molecular formula is C40H41F3N2O8. The normalized spacial score (nSPS) is 11.0. The molecule has 0 aliphatic rings. The highest BCUT2D eigenvalue weighted by Gasteiger charge is 2.31. The third kappa shape index (κ3) is 12.4. The predicted octanol–water partition coefficient (Wildman–Crippen LogP) is 8.19. The van der Waals surface area contributed by atoms with E-state index in [1.165, 1.54) is 56.7 Å². The molecule has 0 spiro atoms. The maximum absolute atomic E-state index is 13.3. The van der Waals surface area contributed by atoms with E-state index in [0.29, 0.717) is 29.2 Å². The van der Waals surface area contributed by atoms with Crippen LogP contribution in [0, 0.1) is 0 Å². The Labute approximate surface area is 305 Å². The predicted molar refractivity (Wildman–Crippen MR) is 191 cm³/mol. The van der Waals surface area contributed by atoms with Gasteiger partial charge in [0.15, 0.2) is 0 Å². The van der Waals surface area contributed by atoms with Gasteiger partial charge >= 0.3 is 18.1 Å². The smallest absolute Gasteiger partial charge is 0.416 e. The molecule has 0 aromatic heterocycles. The molecule has 0 heterocycles. The monoisotopic (exact) mass is 734 g/mol. The third-order valence-corrected chi connectivity index (χ3v) is 8.11. The first kappa shape index (κ1) is 39.9. The molecule has 2 N–H and O–H groups in total. The van der Waals surface area contributed by atoms with E-state index >= 15 is 0 Å². The van der Waals surface area contributed by atoms with Crippen molar-refractivity contribution in [3.8, 4) is 17.2 Å². The number of alkyl halides is 3. The number of amides is 2. The molecule has 4 rings (SSSR count). The van der Waals surface area contributed by atoms with Crippen LogP contribution in [-0.2, 0) is 28.7 Å². The first-order chi connectivity index (χ1) is 25.4. The van der Waals surface area contributed by atoms with E-state index in [0.717, 1.165) is 29.9 Å². The lowest BCUT2D eigenvalue weighted by Gasteiger charge is -2.21. The molecule has 0 bridgehead atoms. The number of carboxylic acids is 1. The number of carboxylic acid groups (broad SMARTS) is 1. The number of nitrogens with zero attached hydrogens (tertiary/aromatic N) is 1. The van der Waals surface area contributed by atoms with Gasteiger partial charge in [0.25, 0.3) is 5.91 Å². The van der Waals surface area contributed by atoms with Gasteiger partial charge < -0.3 is 29.5 Å². The number of hydrogen-bond donors (Lipinski definition) is 2. The van der Waals surface area contributed by atoms with E-state index in [1.807, 2.05) is 0 Å². The molecule has 0 aliphatic carbocycles. The topological polar surface area (TPSA) is 131 Å². The van der Waals surface area contributed by atoms with E-state index in [-0.39, 0.29) is 35.6 Å². The van der Waals surface area contributed by atoms with Crippen LogP contribution in [0.3, 0.4) is 0 Å². The van der Waals surface area contributed by atoms with Crippen molar-refractivity contribution >= 4 is 29.4 Å². The molecular weight excluding hydrogens is 693 g/mol. The molecule has 4 aromatic rings. The quantitative estimate of drug-likeness (QED) is 0.0595. The lowest BCUT2D eigenvalue weighted by Crippen LogP contribution is -2.35. The number of carbonyl (C=O) groups is 4. The van der Waals surface area contributed by atoms with E-state index in [9.17, 15) is 37.5 Å². The summed E-state index contributed by atoms with van der Waals surface area (Å²) in [6, 6.07) is 21.6. The average molecular weight is 735 g/mol. The average Bonchev–Trinajstić information content (AvgIpc) is 3.13. The second-order valence-corrected chi connectivity index (χ2v) is 12.2. The summed E-state index contributed by atoms with van der Waals surface area (Å²) in [5.74, 6) is -2.06. The van der Waals surface area contributed by atoms with Gasteiger partial charge in [0, 0.05) is 23.4 Å². The Morgan fingerprint density at radius 1 is 0.792 bits per heavy atom. The van der Waals surface area contributed by atoms with Crippen LogP contribution >= 0.6 is 0 Å². The molecule has 0 saturated carbocycles. The maximum atomic E-state index is 13.3. The number of carbonyl (C=O) groups excluding carboxylic acids is 3. The lowest BCUT2D eigenvalue weighted by molar-refractivity contribution is -0.138. The van der Waals surface area contributed by atoms with Gasteiger partial charge in [0.05, 0.1) is 31.3 Å². The van der Waals surface area contributed by atoms with Crippen molar-refractivity contribution in [2.24, 2.45) is 0 Å². The fourth-order valence-electron chi connectivity index (χ4n) is 5.32. The number of unbranched alkanes of at least 4 members (excludes halogenated alkanes) is 4. The number of halogens is 3. The van der Waals surface area contributed by atoms with Crippen LogP contribution in [0.1, 0.15) is 76.4 Å². The Bertz CT molecular complexity index is 1840. The minimum atomic E-state index is -4.56. The summed E-state index contributed by atoms with van der Waals surface area (Å²) in [6.07, 6.45) is 0.823. The first-order valence-corrected chi connectivity index (χ1v) is 17.0. The molecule has 0 saturated heterocycles. The summed E-state index contributed by atoms with van der Waals surface area (Å²) >= 11 is 0. The third-order valence-electron chi connectivity index (χ3n) is 8.11. The van der Waals surface area contributed by atoms with Crippen molar-refractivity contribution in [2.45, 2.75) is 58.2 Å². The number of rotatable bonds is 18. The van der Waals surface area contributed by atoms with Crippen LogP contribution in [0.2, 0.25) is 0 Å². The number of nitrogens with one attached hydrogen (secondary N) is 1. The fraction of sp³-hybridized carbons (Fsp3) is 0.300. The number of methoxy groups -OCH3 is 1. The second kappa shape index (κ2) is 19.1. The van der Waals surface area contributed by atoms with Gasteiger partial charge in [-0.1, -0.05) is 50.8 Å². The molecule has 0 atom stereocenters. The Morgan fingerprint density at radius 2 is 1.43 bits per heavy atom. The highest BCUT2D eigenvalue weighted by atomic mass is 19.4. The van der Waals surface area contributed by atoms with Crippen molar-refractivity contribution < 1.29 is 51.7 Å². The summed E-state index contributed by atoms with van der Waals surface area (Å²) in [7, 11) is 1.21.